The Bertz CT molecular complexity index is 1520. The fourth-order valence-corrected chi connectivity index (χ4v) is 4.52. The van der Waals surface area contributed by atoms with Gasteiger partial charge >= 0.3 is 0 Å². The van der Waals surface area contributed by atoms with Crippen molar-refractivity contribution >= 4 is 56.0 Å². The number of aryl methyl sites for hydroxylation is 1. The van der Waals surface area contributed by atoms with Crippen LogP contribution in [0.15, 0.2) is 84.0 Å². The molecule has 1 heterocycles. The summed E-state index contributed by atoms with van der Waals surface area (Å²) in [5.74, 6) is -0.595. The van der Waals surface area contributed by atoms with Crippen LogP contribution in [-0.2, 0) is 11.2 Å². The molecule has 0 spiro atoms. The molecule has 0 aliphatic carbocycles. The predicted molar refractivity (Wildman–Crippen MR) is 140 cm³/mol. The van der Waals surface area contributed by atoms with Crippen molar-refractivity contribution in [3.63, 3.8) is 0 Å². The molecule has 0 aliphatic heterocycles. The highest BCUT2D eigenvalue weighted by Gasteiger charge is 2.13. The summed E-state index contributed by atoms with van der Waals surface area (Å²) < 4.78 is 0. The number of carbonyl (C=O) groups is 2. The first-order valence-corrected chi connectivity index (χ1v) is 11.8. The molecule has 172 valence electrons. The minimum atomic E-state index is -0.321. The van der Waals surface area contributed by atoms with Crippen LogP contribution in [0, 0.1) is 6.92 Å². The molecular weight excluding hydrogens is 458 g/mol. The Kier molecular flexibility index (Phi) is 6.28. The van der Waals surface area contributed by atoms with Crippen molar-refractivity contribution in [1.82, 2.24) is 15.6 Å². The lowest BCUT2D eigenvalue weighted by atomic mass is 9.97. The van der Waals surface area contributed by atoms with Crippen molar-refractivity contribution in [3.05, 3.63) is 101 Å². The summed E-state index contributed by atoms with van der Waals surface area (Å²) in [6, 6.07) is 25.5. The minimum absolute atomic E-state index is 0.00565. The number of rotatable bonds is 6. The number of amides is 2. The highest BCUT2D eigenvalue weighted by molar-refractivity contribution is 7.15. The van der Waals surface area contributed by atoms with E-state index >= 15 is 0 Å². The largest absolute Gasteiger partial charge is 0.296 e. The maximum Gasteiger partial charge on any atom is 0.257 e. The molecule has 0 aliphatic rings. The van der Waals surface area contributed by atoms with Gasteiger partial charge in [0.15, 0.2) is 0 Å². The van der Waals surface area contributed by atoms with E-state index in [1.54, 1.807) is 18.3 Å². The van der Waals surface area contributed by atoms with E-state index in [2.05, 4.69) is 44.2 Å². The summed E-state index contributed by atoms with van der Waals surface area (Å²) in [5.41, 5.74) is 5.11. The predicted octanol–water partition coefficient (Wildman–Crippen LogP) is 5.10. The second kappa shape index (κ2) is 9.82. The second-order valence-corrected chi connectivity index (χ2v) is 9.09. The summed E-state index contributed by atoms with van der Waals surface area (Å²) >= 11 is 1.15. The average molecular weight is 480 g/mol. The number of fused-ring (bicyclic) bond motifs is 2. The van der Waals surface area contributed by atoms with E-state index in [0.29, 0.717) is 15.7 Å². The number of anilines is 1. The van der Waals surface area contributed by atoms with Gasteiger partial charge in [-0.25, -0.2) is 5.43 Å². The molecule has 0 radical (unpaired) electrons. The van der Waals surface area contributed by atoms with Gasteiger partial charge in [-0.05, 0) is 46.7 Å². The van der Waals surface area contributed by atoms with E-state index in [-0.39, 0.29) is 18.2 Å². The molecule has 0 atom stereocenters. The van der Waals surface area contributed by atoms with Crippen molar-refractivity contribution in [1.29, 1.82) is 0 Å². The Morgan fingerprint density at radius 1 is 0.914 bits per heavy atom. The van der Waals surface area contributed by atoms with Gasteiger partial charge in [0.05, 0.1) is 12.6 Å². The lowest BCUT2D eigenvalue weighted by Gasteiger charge is -2.07. The molecule has 8 heteroatoms. The van der Waals surface area contributed by atoms with Crippen LogP contribution in [0.3, 0.4) is 0 Å². The Hall–Kier alpha value is -4.43. The van der Waals surface area contributed by atoms with Crippen molar-refractivity contribution in [2.24, 2.45) is 5.10 Å². The number of nitrogens with zero attached hydrogens (tertiary/aromatic N) is 3. The maximum atomic E-state index is 12.4. The number of aromatic nitrogens is 2. The third kappa shape index (κ3) is 5.07. The third-order valence-corrected chi connectivity index (χ3v) is 6.35. The van der Waals surface area contributed by atoms with Crippen molar-refractivity contribution < 1.29 is 9.59 Å². The van der Waals surface area contributed by atoms with Crippen molar-refractivity contribution in [3.8, 4) is 0 Å². The van der Waals surface area contributed by atoms with Crippen LogP contribution in [0.2, 0.25) is 0 Å². The van der Waals surface area contributed by atoms with Gasteiger partial charge < -0.3 is 0 Å². The van der Waals surface area contributed by atoms with E-state index in [1.807, 2.05) is 55.5 Å². The van der Waals surface area contributed by atoms with Gasteiger partial charge in [0.25, 0.3) is 5.91 Å². The lowest BCUT2D eigenvalue weighted by molar-refractivity contribution is -0.120. The number of hydrogen-bond donors (Lipinski definition) is 2. The van der Waals surface area contributed by atoms with Gasteiger partial charge in [-0.1, -0.05) is 77.6 Å². The second-order valence-electron chi connectivity index (χ2n) is 8.02. The fourth-order valence-electron chi connectivity index (χ4n) is 3.78. The van der Waals surface area contributed by atoms with Gasteiger partial charge in [0, 0.05) is 11.1 Å². The molecule has 5 aromatic rings. The lowest BCUT2D eigenvalue weighted by Crippen LogP contribution is -2.19. The van der Waals surface area contributed by atoms with Crippen LogP contribution in [-0.4, -0.2) is 28.2 Å². The first-order chi connectivity index (χ1) is 17.1. The van der Waals surface area contributed by atoms with Gasteiger partial charge in [0.1, 0.15) is 5.01 Å². The molecule has 0 fully saturated rings. The summed E-state index contributed by atoms with van der Waals surface area (Å²) in [4.78, 5) is 24.8. The number of carbonyl (C=O) groups excluding carboxylic acids is 2. The maximum absolute atomic E-state index is 12.4. The van der Waals surface area contributed by atoms with Gasteiger partial charge in [-0.3, -0.25) is 14.9 Å². The highest BCUT2D eigenvalue weighted by atomic mass is 32.1. The number of hydrogen-bond acceptors (Lipinski definition) is 6. The molecule has 0 bridgehead atoms. The smallest absolute Gasteiger partial charge is 0.257 e. The molecule has 1 aromatic heterocycles. The molecule has 0 unspecified atom stereocenters. The quantitative estimate of drug-likeness (QED) is 0.201. The van der Waals surface area contributed by atoms with E-state index in [0.717, 1.165) is 44.0 Å². The van der Waals surface area contributed by atoms with Gasteiger partial charge in [-0.2, -0.15) is 5.10 Å². The molecular formula is C27H21N5O2S. The molecule has 4 aromatic carbocycles. The first kappa shape index (κ1) is 22.4. The topological polar surface area (TPSA) is 96.3 Å². The molecule has 35 heavy (non-hydrogen) atoms. The normalized spacial score (nSPS) is 11.2. The van der Waals surface area contributed by atoms with Crippen LogP contribution >= 0.6 is 11.3 Å². The number of hydrazone groups is 1. The average Bonchev–Trinajstić information content (AvgIpc) is 3.30. The molecule has 2 amide bonds. The molecule has 2 N–H and O–H groups in total. The first-order valence-electron chi connectivity index (χ1n) is 11.0. The molecule has 0 saturated carbocycles. The Morgan fingerprint density at radius 3 is 2.26 bits per heavy atom. The highest BCUT2D eigenvalue weighted by Crippen LogP contribution is 2.27. The number of benzene rings is 4. The fraction of sp³-hybridized carbons (Fsp3) is 0.0741. The summed E-state index contributed by atoms with van der Waals surface area (Å²) in [6.07, 6.45) is 1.68. The third-order valence-electron chi connectivity index (χ3n) is 5.51. The minimum Gasteiger partial charge on any atom is -0.296 e. The van der Waals surface area contributed by atoms with Gasteiger partial charge in [-0.15, -0.1) is 10.2 Å². The summed E-state index contributed by atoms with van der Waals surface area (Å²) in [5, 5.41) is 20.0. The Morgan fingerprint density at radius 2 is 1.57 bits per heavy atom. The Balaban J connectivity index is 1.25. The van der Waals surface area contributed by atoms with E-state index in [4.69, 9.17) is 0 Å². The van der Waals surface area contributed by atoms with E-state index < -0.39 is 0 Å². The van der Waals surface area contributed by atoms with Crippen LogP contribution in [0.25, 0.3) is 21.5 Å². The van der Waals surface area contributed by atoms with Gasteiger partial charge in [0.2, 0.25) is 11.0 Å². The standard InChI is InChI=1S/C27H21N5O2S/c1-17-10-12-18(13-11-17)26(34)29-27-32-31-25(35-27)15-24(33)30-28-16-23-21-8-4-2-6-19(21)14-20-7-3-5-9-22(20)23/h2-14,16H,15H2,1H3,(H,30,33)(H,29,32,34). The zero-order valence-corrected chi connectivity index (χ0v) is 19.7. The number of nitrogens with one attached hydrogen (secondary N) is 2. The Labute approximate surface area is 205 Å². The van der Waals surface area contributed by atoms with Crippen LogP contribution in [0.4, 0.5) is 5.13 Å². The van der Waals surface area contributed by atoms with Crippen molar-refractivity contribution in [2.45, 2.75) is 13.3 Å². The monoisotopic (exact) mass is 479 g/mol. The van der Waals surface area contributed by atoms with Crippen molar-refractivity contribution in [2.75, 3.05) is 5.32 Å². The van der Waals surface area contributed by atoms with E-state index in [1.165, 1.54) is 0 Å². The molecule has 7 nitrogen and oxygen atoms in total. The summed E-state index contributed by atoms with van der Waals surface area (Å²) in [7, 11) is 0. The van der Waals surface area contributed by atoms with Crippen LogP contribution in [0.5, 0.6) is 0 Å². The van der Waals surface area contributed by atoms with Crippen LogP contribution in [0.1, 0.15) is 26.5 Å². The summed E-state index contributed by atoms with van der Waals surface area (Å²) in [6.45, 7) is 1.96. The molecule has 5 rings (SSSR count). The zero-order valence-electron chi connectivity index (χ0n) is 18.9. The van der Waals surface area contributed by atoms with Crippen LogP contribution < -0.4 is 10.7 Å². The zero-order chi connectivity index (χ0) is 24.2. The van der Waals surface area contributed by atoms with E-state index in [9.17, 15) is 9.59 Å². The SMILES string of the molecule is Cc1ccc(C(=O)Nc2nnc(CC(=O)NN=Cc3c4ccccc4cc4ccccc34)s2)cc1. The molecule has 0 saturated heterocycles.